The maximum atomic E-state index is 12.8. The molecule has 1 spiro atoms. The third-order valence-corrected chi connectivity index (χ3v) is 7.11. The molecule has 5 unspecified atom stereocenters. The number of amides is 1. The maximum Gasteiger partial charge on any atom is 0.226 e. The van der Waals surface area contributed by atoms with Crippen LogP contribution >= 0.6 is 0 Å². The van der Waals surface area contributed by atoms with Crippen molar-refractivity contribution in [2.45, 2.75) is 65.7 Å². The molecule has 0 radical (unpaired) electrons. The number of rotatable bonds is 3. The third kappa shape index (κ3) is 1.66. The predicted molar refractivity (Wildman–Crippen MR) is 80.1 cm³/mol. The van der Waals surface area contributed by atoms with E-state index in [1.807, 2.05) is 0 Å². The van der Waals surface area contributed by atoms with E-state index >= 15 is 0 Å². The number of fused-ring (bicyclic) bond motifs is 2. The van der Waals surface area contributed by atoms with Gasteiger partial charge in [-0.1, -0.05) is 20.8 Å². The van der Waals surface area contributed by atoms with Crippen molar-refractivity contribution >= 4 is 5.91 Å². The summed E-state index contributed by atoms with van der Waals surface area (Å²) in [5.41, 5.74) is 0.982. The lowest BCUT2D eigenvalue weighted by molar-refractivity contribution is -0.133. The van der Waals surface area contributed by atoms with Gasteiger partial charge in [0.1, 0.15) is 0 Å². The van der Waals surface area contributed by atoms with E-state index in [2.05, 4.69) is 26.1 Å². The largest absolute Gasteiger partial charge is 0.356 e. The lowest BCUT2D eigenvalue weighted by atomic mass is 9.55. The Morgan fingerprint density at radius 2 is 1.95 bits per heavy atom. The molecule has 2 nitrogen and oxygen atoms in total. The minimum Gasteiger partial charge on any atom is -0.356 e. The summed E-state index contributed by atoms with van der Waals surface area (Å²) in [5, 5.41) is 3.29. The Morgan fingerprint density at radius 1 is 1.15 bits per heavy atom. The smallest absolute Gasteiger partial charge is 0.226 e. The molecule has 4 rings (SSSR count). The van der Waals surface area contributed by atoms with Crippen molar-refractivity contribution in [3.8, 4) is 0 Å². The zero-order valence-corrected chi connectivity index (χ0v) is 13.3. The summed E-state index contributed by atoms with van der Waals surface area (Å²) >= 11 is 0. The minimum absolute atomic E-state index is 0.0384. The van der Waals surface area contributed by atoms with Gasteiger partial charge in [0.2, 0.25) is 5.91 Å². The number of carbonyl (C=O) groups is 1. The zero-order chi connectivity index (χ0) is 14.2. The lowest BCUT2D eigenvalue weighted by Crippen LogP contribution is -2.44. The van der Waals surface area contributed by atoms with Crippen LogP contribution in [0.1, 0.15) is 65.7 Å². The molecule has 0 aliphatic heterocycles. The van der Waals surface area contributed by atoms with Crippen molar-refractivity contribution in [1.82, 2.24) is 5.32 Å². The van der Waals surface area contributed by atoms with Gasteiger partial charge in [-0.05, 0) is 73.5 Å². The lowest BCUT2D eigenvalue weighted by Gasteiger charge is -2.49. The van der Waals surface area contributed by atoms with Crippen molar-refractivity contribution in [2.75, 3.05) is 6.54 Å². The molecule has 0 aromatic rings. The first-order chi connectivity index (χ1) is 9.33. The molecule has 2 heteroatoms. The van der Waals surface area contributed by atoms with Crippen LogP contribution in [0.4, 0.5) is 0 Å². The fourth-order valence-electron chi connectivity index (χ4n) is 6.36. The van der Waals surface area contributed by atoms with Crippen LogP contribution in [0.2, 0.25) is 0 Å². The highest BCUT2D eigenvalue weighted by atomic mass is 16.2. The molecule has 20 heavy (non-hydrogen) atoms. The fraction of sp³-hybridized carbons (Fsp3) is 0.944. The normalized spacial score (nSPS) is 48.0. The van der Waals surface area contributed by atoms with E-state index in [0.717, 1.165) is 30.7 Å². The van der Waals surface area contributed by atoms with Gasteiger partial charge in [-0.15, -0.1) is 0 Å². The zero-order valence-electron chi connectivity index (χ0n) is 13.3. The molecule has 4 saturated carbocycles. The second kappa shape index (κ2) is 3.81. The Balaban J connectivity index is 1.45. The van der Waals surface area contributed by atoms with Crippen LogP contribution in [-0.2, 0) is 4.79 Å². The number of carbonyl (C=O) groups excluding carboxylic acids is 1. The molecule has 0 heterocycles. The van der Waals surface area contributed by atoms with Gasteiger partial charge < -0.3 is 5.32 Å². The molecule has 4 fully saturated rings. The first-order valence-electron chi connectivity index (χ1n) is 8.61. The van der Waals surface area contributed by atoms with Gasteiger partial charge in [-0.3, -0.25) is 4.79 Å². The quantitative estimate of drug-likeness (QED) is 0.835. The van der Waals surface area contributed by atoms with E-state index in [4.69, 9.17) is 0 Å². The van der Waals surface area contributed by atoms with Crippen molar-refractivity contribution in [2.24, 2.45) is 34.0 Å². The topological polar surface area (TPSA) is 29.1 Å². The van der Waals surface area contributed by atoms with E-state index < -0.39 is 0 Å². The summed E-state index contributed by atoms with van der Waals surface area (Å²) in [6.45, 7) is 7.60. The highest BCUT2D eigenvalue weighted by Crippen LogP contribution is 2.78. The second-order valence-corrected chi connectivity index (χ2v) is 9.60. The van der Waals surface area contributed by atoms with E-state index in [0.29, 0.717) is 16.7 Å². The molecular formula is C18H29NO. The number of nitrogens with one attached hydrogen (secondary N) is 1. The van der Waals surface area contributed by atoms with Crippen LogP contribution < -0.4 is 5.32 Å². The summed E-state index contributed by atoms with van der Waals surface area (Å²) in [7, 11) is 0. The van der Waals surface area contributed by atoms with Gasteiger partial charge in [-0.2, -0.15) is 0 Å². The van der Waals surface area contributed by atoms with Crippen molar-refractivity contribution < 1.29 is 4.79 Å². The standard InChI is InChI=1S/C18H29NO/c1-16(2,3)4-5-19-15(20)17-8-12-6-13-7-14(10-17)18(13,9-12)11-17/h12-14H,4-11H2,1-3H3,(H,19,20). The van der Waals surface area contributed by atoms with E-state index in [1.165, 1.54) is 38.5 Å². The van der Waals surface area contributed by atoms with Gasteiger partial charge in [0, 0.05) is 6.54 Å². The molecule has 0 saturated heterocycles. The Labute approximate surface area is 123 Å². The Morgan fingerprint density at radius 3 is 2.70 bits per heavy atom. The number of hydrogen-bond acceptors (Lipinski definition) is 1. The highest BCUT2D eigenvalue weighted by molar-refractivity contribution is 5.83. The Bertz CT molecular complexity index is 447. The van der Waals surface area contributed by atoms with E-state index in [9.17, 15) is 4.79 Å². The molecule has 5 atom stereocenters. The average Bonchev–Trinajstić information content (AvgIpc) is 2.64. The molecule has 3 bridgehead atoms. The molecule has 4 aliphatic rings. The summed E-state index contributed by atoms with van der Waals surface area (Å²) in [4.78, 5) is 12.8. The molecular weight excluding hydrogens is 246 g/mol. The highest BCUT2D eigenvalue weighted by Gasteiger charge is 2.72. The summed E-state index contributed by atoms with van der Waals surface area (Å²) in [6, 6.07) is 0. The van der Waals surface area contributed by atoms with Crippen LogP contribution in [0.5, 0.6) is 0 Å². The van der Waals surface area contributed by atoms with Crippen LogP contribution in [-0.4, -0.2) is 12.5 Å². The van der Waals surface area contributed by atoms with Crippen LogP contribution in [0.25, 0.3) is 0 Å². The SMILES string of the molecule is CC(C)(C)CCNC(=O)C12CC3CC4CC(C1)C4(C3)C2. The summed E-state index contributed by atoms with van der Waals surface area (Å²) in [5.74, 6) is 3.16. The first kappa shape index (κ1) is 13.2. The molecule has 0 aromatic carbocycles. The van der Waals surface area contributed by atoms with Gasteiger partial charge in [-0.25, -0.2) is 0 Å². The first-order valence-corrected chi connectivity index (χ1v) is 8.61. The molecule has 1 amide bonds. The fourth-order valence-corrected chi connectivity index (χ4v) is 6.36. The number of hydrogen-bond donors (Lipinski definition) is 1. The minimum atomic E-state index is 0.0384. The summed E-state index contributed by atoms with van der Waals surface area (Å²) < 4.78 is 0. The van der Waals surface area contributed by atoms with Crippen LogP contribution in [0, 0.1) is 34.0 Å². The van der Waals surface area contributed by atoms with Gasteiger partial charge in [0.05, 0.1) is 5.41 Å². The van der Waals surface area contributed by atoms with Gasteiger partial charge in [0.25, 0.3) is 0 Å². The summed E-state index contributed by atoms with van der Waals surface area (Å²) in [6.07, 6.45) is 9.05. The van der Waals surface area contributed by atoms with E-state index in [-0.39, 0.29) is 5.41 Å². The average molecular weight is 275 g/mol. The maximum absolute atomic E-state index is 12.8. The van der Waals surface area contributed by atoms with Crippen molar-refractivity contribution in [3.63, 3.8) is 0 Å². The van der Waals surface area contributed by atoms with Crippen molar-refractivity contribution in [3.05, 3.63) is 0 Å². The molecule has 4 aliphatic carbocycles. The third-order valence-electron chi connectivity index (χ3n) is 7.11. The van der Waals surface area contributed by atoms with Gasteiger partial charge in [0.15, 0.2) is 0 Å². The van der Waals surface area contributed by atoms with E-state index in [1.54, 1.807) is 0 Å². The second-order valence-electron chi connectivity index (χ2n) is 9.60. The van der Waals surface area contributed by atoms with Crippen LogP contribution in [0.3, 0.4) is 0 Å². The van der Waals surface area contributed by atoms with Crippen molar-refractivity contribution in [1.29, 1.82) is 0 Å². The monoisotopic (exact) mass is 275 g/mol. The molecule has 112 valence electrons. The van der Waals surface area contributed by atoms with Gasteiger partial charge >= 0.3 is 0 Å². The predicted octanol–water partition coefficient (Wildman–Crippen LogP) is 3.76. The van der Waals surface area contributed by atoms with Crippen LogP contribution in [0.15, 0.2) is 0 Å². The molecule has 1 N–H and O–H groups in total. The molecule has 0 aromatic heterocycles. The Hall–Kier alpha value is -0.530. The Kier molecular flexibility index (Phi) is 2.51.